The summed E-state index contributed by atoms with van der Waals surface area (Å²) in [7, 11) is 1.82. The number of rotatable bonds is 6. The molecular weight excluding hydrogens is 410 g/mol. The molecule has 2 aliphatic rings. The van der Waals surface area contributed by atoms with Gasteiger partial charge in [-0.15, -0.1) is 0 Å². The Morgan fingerprint density at radius 3 is 2.84 bits per heavy atom. The lowest BCUT2D eigenvalue weighted by atomic mass is 10.1. The Balaban J connectivity index is 1.07. The van der Waals surface area contributed by atoms with E-state index in [9.17, 15) is 0 Å². The molecule has 10 heteroatoms. The van der Waals surface area contributed by atoms with Gasteiger partial charge in [-0.1, -0.05) is 6.07 Å². The smallest absolute Gasteiger partial charge is 0.231 e. The molecule has 10 nitrogen and oxygen atoms in total. The Hall–Kier alpha value is -3.53. The maximum absolute atomic E-state index is 5.49. The van der Waals surface area contributed by atoms with E-state index in [-0.39, 0.29) is 0 Å². The minimum atomic E-state index is 0.311. The number of benzene rings is 1. The highest BCUT2D eigenvalue weighted by molar-refractivity contribution is 5.80. The van der Waals surface area contributed by atoms with Crippen LogP contribution in [0.25, 0.3) is 11.6 Å². The van der Waals surface area contributed by atoms with Crippen LogP contribution in [0.3, 0.4) is 0 Å². The van der Waals surface area contributed by atoms with Crippen molar-refractivity contribution >= 4 is 5.96 Å². The van der Waals surface area contributed by atoms with Crippen molar-refractivity contribution in [3.8, 4) is 23.1 Å². The highest BCUT2D eigenvalue weighted by atomic mass is 16.7. The topological polar surface area (TPSA) is 104 Å². The van der Waals surface area contributed by atoms with Crippen LogP contribution in [0.15, 0.2) is 46.0 Å². The van der Waals surface area contributed by atoms with Gasteiger partial charge in [0.05, 0.1) is 6.26 Å². The van der Waals surface area contributed by atoms with Crippen LogP contribution in [0.2, 0.25) is 0 Å². The predicted octanol–water partition coefficient (Wildman–Crippen LogP) is 1.73. The largest absolute Gasteiger partial charge is 0.461 e. The minimum Gasteiger partial charge on any atom is -0.461 e. The molecule has 0 aliphatic carbocycles. The molecule has 1 saturated heterocycles. The number of furan rings is 1. The maximum atomic E-state index is 5.49. The van der Waals surface area contributed by atoms with Gasteiger partial charge in [0.15, 0.2) is 23.2 Å². The second kappa shape index (κ2) is 9.31. The van der Waals surface area contributed by atoms with Gasteiger partial charge >= 0.3 is 0 Å². The Labute approximate surface area is 186 Å². The van der Waals surface area contributed by atoms with E-state index in [1.807, 2.05) is 25.2 Å². The number of nitrogens with one attached hydrogen (secondary N) is 2. The quantitative estimate of drug-likeness (QED) is 0.444. The number of ether oxygens (including phenoxy) is 2. The number of guanidine groups is 1. The summed E-state index contributed by atoms with van der Waals surface area (Å²) in [5.74, 6) is 4.64. The Morgan fingerprint density at radius 2 is 2.03 bits per heavy atom. The lowest BCUT2D eigenvalue weighted by Crippen LogP contribution is -2.52. The number of piperazine rings is 1. The SMILES string of the molecule is CN=C(NCCc1nc(-c2ccco2)n[nH]1)N1CCN(Cc2ccc3c(c2)OCO3)CC1. The highest BCUT2D eigenvalue weighted by Crippen LogP contribution is 2.32. The van der Waals surface area contributed by atoms with Gasteiger partial charge in [-0.3, -0.25) is 15.0 Å². The van der Waals surface area contributed by atoms with Crippen LogP contribution < -0.4 is 14.8 Å². The summed E-state index contributed by atoms with van der Waals surface area (Å²) in [4.78, 5) is 13.7. The van der Waals surface area contributed by atoms with Crippen molar-refractivity contribution < 1.29 is 13.9 Å². The molecule has 0 atom stereocenters. The Morgan fingerprint density at radius 1 is 1.16 bits per heavy atom. The van der Waals surface area contributed by atoms with Crippen molar-refractivity contribution in [1.29, 1.82) is 0 Å². The van der Waals surface area contributed by atoms with Crippen LogP contribution >= 0.6 is 0 Å². The maximum Gasteiger partial charge on any atom is 0.231 e. The zero-order valence-corrected chi connectivity index (χ0v) is 18.1. The molecular formula is C22H27N7O3. The monoisotopic (exact) mass is 437 g/mol. The lowest BCUT2D eigenvalue weighted by Gasteiger charge is -2.36. The second-order valence-electron chi connectivity index (χ2n) is 7.76. The number of hydrogen-bond acceptors (Lipinski definition) is 7. The van der Waals surface area contributed by atoms with E-state index >= 15 is 0 Å². The van der Waals surface area contributed by atoms with Crippen LogP contribution in [0.1, 0.15) is 11.4 Å². The number of hydrogen-bond donors (Lipinski definition) is 2. The van der Waals surface area contributed by atoms with Crippen molar-refractivity contribution in [2.24, 2.45) is 4.99 Å². The number of fused-ring (bicyclic) bond motifs is 1. The highest BCUT2D eigenvalue weighted by Gasteiger charge is 2.21. The first-order chi connectivity index (χ1) is 15.8. The molecule has 0 saturated carbocycles. The number of H-pyrrole nitrogens is 1. The van der Waals surface area contributed by atoms with E-state index in [1.54, 1.807) is 6.26 Å². The molecule has 5 rings (SSSR count). The van der Waals surface area contributed by atoms with Gasteiger partial charge < -0.3 is 24.1 Å². The molecule has 0 amide bonds. The number of aliphatic imine (C=N–C) groups is 1. The van der Waals surface area contributed by atoms with Crippen LogP contribution in [0.5, 0.6) is 11.5 Å². The molecule has 3 aromatic rings. The summed E-state index contributed by atoms with van der Waals surface area (Å²) in [5.41, 5.74) is 1.24. The number of aromatic amines is 1. The van der Waals surface area contributed by atoms with Crippen molar-refractivity contribution in [1.82, 2.24) is 30.3 Å². The average Bonchev–Trinajstić information content (AvgIpc) is 3.59. The third-order valence-corrected chi connectivity index (χ3v) is 5.64. The number of nitrogens with zero attached hydrogens (tertiary/aromatic N) is 5. The van der Waals surface area contributed by atoms with Gasteiger partial charge in [-0.05, 0) is 29.8 Å². The molecule has 32 heavy (non-hydrogen) atoms. The molecule has 2 N–H and O–H groups in total. The molecule has 2 aromatic heterocycles. The molecule has 0 bridgehead atoms. The van der Waals surface area contributed by atoms with E-state index in [0.29, 0.717) is 18.4 Å². The molecule has 4 heterocycles. The fourth-order valence-corrected chi connectivity index (χ4v) is 3.96. The van der Waals surface area contributed by atoms with E-state index in [1.165, 1.54) is 5.56 Å². The first-order valence-corrected chi connectivity index (χ1v) is 10.8. The zero-order chi connectivity index (χ0) is 21.8. The molecule has 168 valence electrons. The third-order valence-electron chi connectivity index (χ3n) is 5.64. The number of aromatic nitrogens is 3. The molecule has 0 unspecified atom stereocenters. The summed E-state index contributed by atoms with van der Waals surface area (Å²) in [5, 5.41) is 10.6. The van der Waals surface area contributed by atoms with E-state index in [2.05, 4.69) is 47.4 Å². The van der Waals surface area contributed by atoms with Gasteiger partial charge in [0, 0.05) is 52.7 Å². The molecule has 1 aromatic carbocycles. The first kappa shape index (κ1) is 20.4. The summed E-state index contributed by atoms with van der Waals surface area (Å²) in [6, 6.07) is 9.86. The Bertz CT molecular complexity index is 1060. The summed E-state index contributed by atoms with van der Waals surface area (Å²) in [6.07, 6.45) is 2.34. The van der Waals surface area contributed by atoms with E-state index in [0.717, 1.165) is 69.0 Å². The van der Waals surface area contributed by atoms with Gasteiger partial charge in [0.25, 0.3) is 0 Å². The van der Waals surface area contributed by atoms with E-state index < -0.39 is 0 Å². The second-order valence-corrected chi connectivity index (χ2v) is 7.76. The van der Waals surface area contributed by atoms with Crippen LogP contribution in [0.4, 0.5) is 0 Å². The van der Waals surface area contributed by atoms with Crippen LogP contribution in [-0.4, -0.2) is 77.5 Å². The molecule has 0 spiro atoms. The average molecular weight is 438 g/mol. The fraction of sp³-hybridized carbons (Fsp3) is 0.409. The fourth-order valence-electron chi connectivity index (χ4n) is 3.96. The summed E-state index contributed by atoms with van der Waals surface area (Å²) >= 11 is 0. The van der Waals surface area contributed by atoms with Crippen molar-refractivity contribution in [3.05, 3.63) is 48.0 Å². The normalized spacial score (nSPS) is 16.5. The van der Waals surface area contributed by atoms with Crippen molar-refractivity contribution in [2.45, 2.75) is 13.0 Å². The Kier molecular flexibility index (Phi) is 5.93. The van der Waals surface area contributed by atoms with E-state index in [4.69, 9.17) is 13.9 Å². The van der Waals surface area contributed by atoms with Gasteiger partial charge in [0.2, 0.25) is 12.6 Å². The standard InChI is InChI=1S/C22H27N7O3/c1-23-22(24-7-6-20-25-21(27-26-20)18-3-2-12-30-18)29-10-8-28(9-11-29)14-16-4-5-17-19(13-16)32-15-31-17/h2-5,12-13H,6-11,14-15H2,1H3,(H,23,24)(H,25,26,27). The molecule has 2 aliphatic heterocycles. The predicted molar refractivity (Wildman–Crippen MR) is 119 cm³/mol. The van der Waals surface area contributed by atoms with Crippen molar-refractivity contribution in [2.75, 3.05) is 46.6 Å². The van der Waals surface area contributed by atoms with Gasteiger partial charge in [-0.25, -0.2) is 4.98 Å². The minimum absolute atomic E-state index is 0.311. The van der Waals surface area contributed by atoms with Crippen LogP contribution in [-0.2, 0) is 13.0 Å². The van der Waals surface area contributed by atoms with Gasteiger partial charge in [0.1, 0.15) is 5.82 Å². The first-order valence-electron chi connectivity index (χ1n) is 10.8. The van der Waals surface area contributed by atoms with Crippen LogP contribution in [0, 0.1) is 0 Å². The third kappa shape index (κ3) is 4.54. The van der Waals surface area contributed by atoms with Gasteiger partial charge in [-0.2, -0.15) is 5.10 Å². The molecule has 1 fully saturated rings. The molecule has 0 radical (unpaired) electrons. The summed E-state index contributed by atoms with van der Waals surface area (Å²) in [6.45, 7) is 5.74. The van der Waals surface area contributed by atoms with Crippen molar-refractivity contribution in [3.63, 3.8) is 0 Å². The zero-order valence-electron chi connectivity index (χ0n) is 18.1. The lowest BCUT2D eigenvalue weighted by molar-refractivity contribution is 0.171. The summed E-state index contributed by atoms with van der Waals surface area (Å²) < 4.78 is 16.2.